The molecule has 0 radical (unpaired) electrons. The summed E-state index contributed by atoms with van der Waals surface area (Å²) in [6.07, 6.45) is 1.41. The molecule has 26 heavy (non-hydrogen) atoms. The van der Waals surface area contributed by atoms with Crippen LogP contribution < -0.4 is 0 Å². The first kappa shape index (κ1) is 18.9. The molecule has 2 aliphatic rings. The van der Waals surface area contributed by atoms with Crippen LogP contribution in [0.25, 0.3) is 0 Å². The van der Waals surface area contributed by atoms with Crippen LogP contribution in [-0.4, -0.2) is 23.9 Å². The molecular weight excluding hydrogens is 414 g/mol. The van der Waals surface area contributed by atoms with Gasteiger partial charge in [0.2, 0.25) is 0 Å². The Morgan fingerprint density at radius 3 is 2.23 bits per heavy atom. The standard InChI is InChI=1S/C20H18Cl4O2/c21-14-3-4-16(23)12(5-14)8-20(9-13-10-26-18(13)19(20)25)7-11-1-2-15(22)6-17(11)24/h1-6,13,18-19,25H,7-10H2/t13?,18-,19-,20-/m1/s1. The van der Waals surface area contributed by atoms with E-state index < -0.39 is 11.5 Å². The first-order valence-corrected chi connectivity index (χ1v) is 10.1. The highest BCUT2D eigenvalue weighted by atomic mass is 35.5. The van der Waals surface area contributed by atoms with Crippen molar-refractivity contribution < 1.29 is 9.84 Å². The minimum absolute atomic E-state index is 0.112. The molecule has 0 amide bonds. The smallest absolute Gasteiger partial charge is 0.0890 e. The fourth-order valence-corrected chi connectivity index (χ4v) is 5.23. The van der Waals surface area contributed by atoms with Crippen molar-refractivity contribution in [1.82, 2.24) is 0 Å². The SMILES string of the molecule is O[C@@H]1[C@@H]2OCC2C[C@@]1(Cc1ccc(Cl)cc1Cl)Cc1cc(Cl)ccc1Cl. The van der Waals surface area contributed by atoms with E-state index in [4.69, 9.17) is 51.1 Å². The molecule has 1 unspecified atom stereocenters. The van der Waals surface area contributed by atoms with Gasteiger partial charge in [-0.25, -0.2) is 0 Å². The maximum Gasteiger partial charge on any atom is 0.0890 e. The van der Waals surface area contributed by atoms with Crippen molar-refractivity contribution in [3.8, 4) is 0 Å². The Bertz CT molecular complexity index is 841. The molecule has 4 rings (SSSR count). The van der Waals surface area contributed by atoms with Gasteiger partial charge in [0.25, 0.3) is 0 Å². The summed E-state index contributed by atoms with van der Waals surface area (Å²) in [6, 6.07) is 10.9. The summed E-state index contributed by atoms with van der Waals surface area (Å²) < 4.78 is 5.64. The molecule has 2 nitrogen and oxygen atoms in total. The fourth-order valence-electron chi connectivity index (χ4n) is 4.38. The van der Waals surface area contributed by atoms with Gasteiger partial charge in [0.1, 0.15) is 0 Å². The van der Waals surface area contributed by atoms with Crippen LogP contribution in [0, 0.1) is 11.3 Å². The third-order valence-electron chi connectivity index (χ3n) is 5.68. The van der Waals surface area contributed by atoms with Crippen LogP contribution in [0.5, 0.6) is 0 Å². The summed E-state index contributed by atoms with van der Waals surface area (Å²) in [6.45, 7) is 0.696. The van der Waals surface area contributed by atoms with Crippen molar-refractivity contribution in [3.63, 3.8) is 0 Å². The average molecular weight is 432 g/mol. The molecule has 6 heteroatoms. The van der Waals surface area contributed by atoms with E-state index in [1.165, 1.54) is 0 Å². The summed E-state index contributed by atoms with van der Waals surface area (Å²) in [5.41, 5.74) is 1.50. The molecule has 2 aromatic rings. The summed E-state index contributed by atoms with van der Waals surface area (Å²) in [7, 11) is 0. The van der Waals surface area contributed by atoms with E-state index in [0.717, 1.165) is 17.5 Å². The quantitative estimate of drug-likeness (QED) is 0.657. The zero-order chi connectivity index (χ0) is 18.5. The Morgan fingerprint density at radius 2 is 1.62 bits per heavy atom. The maximum atomic E-state index is 11.1. The van der Waals surface area contributed by atoms with Crippen molar-refractivity contribution in [3.05, 3.63) is 67.6 Å². The lowest BCUT2D eigenvalue weighted by Crippen LogP contribution is -2.45. The Balaban J connectivity index is 1.72. The highest BCUT2D eigenvalue weighted by molar-refractivity contribution is 6.35. The van der Waals surface area contributed by atoms with Gasteiger partial charge in [0.05, 0.1) is 18.8 Å². The predicted molar refractivity (Wildman–Crippen MR) is 107 cm³/mol. The van der Waals surface area contributed by atoms with Gasteiger partial charge in [-0.2, -0.15) is 0 Å². The number of aliphatic hydroxyl groups is 1. The fraction of sp³-hybridized carbons (Fsp3) is 0.400. The number of ether oxygens (including phenoxy) is 1. The molecule has 1 aliphatic carbocycles. The molecule has 1 saturated carbocycles. The minimum atomic E-state index is -0.581. The van der Waals surface area contributed by atoms with Crippen molar-refractivity contribution in [2.75, 3.05) is 6.61 Å². The lowest BCUT2D eigenvalue weighted by molar-refractivity contribution is -0.144. The van der Waals surface area contributed by atoms with Gasteiger partial charge < -0.3 is 9.84 Å². The molecule has 4 atom stereocenters. The first-order chi connectivity index (χ1) is 12.4. The molecule has 2 fully saturated rings. The molecule has 0 spiro atoms. The molecule has 1 N–H and O–H groups in total. The third-order valence-corrected chi connectivity index (χ3v) is 6.87. The van der Waals surface area contributed by atoms with E-state index in [1.807, 2.05) is 18.2 Å². The number of hydrogen-bond acceptors (Lipinski definition) is 2. The van der Waals surface area contributed by atoms with Crippen molar-refractivity contribution >= 4 is 46.4 Å². The normalized spacial score (nSPS) is 30.1. The second-order valence-electron chi connectivity index (χ2n) is 7.39. The van der Waals surface area contributed by atoms with E-state index in [0.29, 0.717) is 45.5 Å². The number of aliphatic hydroxyl groups excluding tert-OH is 1. The topological polar surface area (TPSA) is 29.5 Å². The number of hydrogen-bond donors (Lipinski definition) is 1. The summed E-state index contributed by atoms with van der Waals surface area (Å²) in [5.74, 6) is 0.369. The zero-order valence-corrected chi connectivity index (χ0v) is 16.9. The van der Waals surface area contributed by atoms with Crippen LogP contribution in [0.3, 0.4) is 0 Å². The Labute approximate surface area is 173 Å². The summed E-state index contributed by atoms with van der Waals surface area (Å²) >= 11 is 25.0. The molecule has 0 bridgehead atoms. The Kier molecular flexibility index (Phi) is 5.20. The number of rotatable bonds is 4. The summed E-state index contributed by atoms with van der Waals surface area (Å²) in [5, 5.41) is 13.6. The third kappa shape index (κ3) is 3.37. The molecule has 2 aromatic carbocycles. The summed E-state index contributed by atoms with van der Waals surface area (Å²) in [4.78, 5) is 0. The van der Waals surface area contributed by atoms with Gasteiger partial charge in [-0.1, -0.05) is 52.5 Å². The van der Waals surface area contributed by atoms with Gasteiger partial charge in [-0.05, 0) is 60.7 Å². The minimum Gasteiger partial charge on any atom is -0.390 e. The first-order valence-electron chi connectivity index (χ1n) is 8.55. The molecular formula is C20H18Cl4O2. The molecule has 138 valence electrons. The van der Waals surface area contributed by atoms with Gasteiger partial charge >= 0.3 is 0 Å². The van der Waals surface area contributed by atoms with Gasteiger partial charge in [-0.15, -0.1) is 0 Å². The lowest BCUT2D eigenvalue weighted by Gasteiger charge is -2.36. The zero-order valence-electron chi connectivity index (χ0n) is 13.9. The van der Waals surface area contributed by atoms with E-state index in [9.17, 15) is 5.11 Å². The van der Waals surface area contributed by atoms with Gasteiger partial charge in [0.15, 0.2) is 0 Å². The molecule has 1 heterocycles. The molecule has 0 aromatic heterocycles. The van der Waals surface area contributed by atoms with E-state index >= 15 is 0 Å². The lowest BCUT2D eigenvalue weighted by atomic mass is 9.73. The largest absolute Gasteiger partial charge is 0.390 e. The van der Waals surface area contributed by atoms with Crippen LogP contribution in [0.2, 0.25) is 20.1 Å². The van der Waals surface area contributed by atoms with E-state index in [2.05, 4.69) is 0 Å². The predicted octanol–water partition coefficient (Wildman–Crippen LogP) is 5.85. The second kappa shape index (κ2) is 7.16. The highest BCUT2D eigenvalue weighted by Gasteiger charge is 2.57. The number of halogens is 4. The number of benzene rings is 2. The molecule has 1 saturated heterocycles. The second-order valence-corrected chi connectivity index (χ2v) is 9.08. The van der Waals surface area contributed by atoms with Crippen molar-refractivity contribution in [1.29, 1.82) is 0 Å². The highest BCUT2D eigenvalue weighted by Crippen LogP contribution is 2.52. The van der Waals surface area contributed by atoms with Gasteiger partial charge in [0, 0.05) is 31.4 Å². The number of fused-ring (bicyclic) bond motifs is 1. The van der Waals surface area contributed by atoms with Crippen LogP contribution in [0.15, 0.2) is 36.4 Å². The van der Waals surface area contributed by atoms with Crippen LogP contribution in [0.1, 0.15) is 17.5 Å². The Hall–Kier alpha value is -0.480. The average Bonchev–Trinajstić information content (AvgIpc) is 2.74. The molecule has 1 aliphatic heterocycles. The maximum absolute atomic E-state index is 11.1. The van der Waals surface area contributed by atoms with Crippen LogP contribution in [0.4, 0.5) is 0 Å². The van der Waals surface area contributed by atoms with Crippen LogP contribution >= 0.6 is 46.4 Å². The Morgan fingerprint density at radius 1 is 0.923 bits per heavy atom. The van der Waals surface area contributed by atoms with E-state index in [-0.39, 0.29) is 6.10 Å². The van der Waals surface area contributed by atoms with Crippen molar-refractivity contribution in [2.24, 2.45) is 11.3 Å². The van der Waals surface area contributed by atoms with E-state index in [1.54, 1.807) is 18.2 Å². The van der Waals surface area contributed by atoms with Crippen molar-refractivity contribution in [2.45, 2.75) is 31.5 Å². The van der Waals surface area contributed by atoms with Crippen LogP contribution in [-0.2, 0) is 17.6 Å². The van der Waals surface area contributed by atoms with Gasteiger partial charge in [-0.3, -0.25) is 0 Å². The monoisotopic (exact) mass is 430 g/mol.